The van der Waals surface area contributed by atoms with Gasteiger partial charge >= 0.3 is 0 Å². The van der Waals surface area contributed by atoms with E-state index in [1.165, 1.54) is 33.5 Å². The number of nitrogens with zero attached hydrogens (tertiary/aromatic N) is 1. The van der Waals surface area contributed by atoms with Crippen molar-refractivity contribution in [3.8, 4) is 17.2 Å². The first kappa shape index (κ1) is 22.9. The van der Waals surface area contributed by atoms with E-state index in [0.29, 0.717) is 23.8 Å². The van der Waals surface area contributed by atoms with Crippen LogP contribution in [0.15, 0.2) is 36.4 Å². The number of hydrogen-bond donors (Lipinski definition) is 2. The molecule has 0 saturated heterocycles. The van der Waals surface area contributed by atoms with Crippen LogP contribution in [0.4, 0.5) is 5.69 Å². The maximum absolute atomic E-state index is 12.6. The average Bonchev–Trinajstić information content (AvgIpc) is 2.84. The summed E-state index contributed by atoms with van der Waals surface area (Å²) in [4.78, 5) is 39.0. The fourth-order valence-corrected chi connectivity index (χ4v) is 3.62. The third-order valence-electron chi connectivity index (χ3n) is 5.22. The molecule has 0 radical (unpaired) electrons. The van der Waals surface area contributed by atoms with Gasteiger partial charge in [0.05, 0.1) is 21.3 Å². The van der Waals surface area contributed by atoms with Crippen molar-refractivity contribution in [2.24, 2.45) is 0 Å². The second-order valence-corrected chi connectivity index (χ2v) is 7.19. The van der Waals surface area contributed by atoms with Crippen LogP contribution in [0.2, 0.25) is 0 Å². The van der Waals surface area contributed by atoms with E-state index >= 15 is 0 Å². The monoisotopic (exact) mass is 441 g/mol. The highest BCUT2D eigenvalue weighted by molar-refractivity contribution is 5.98. The van der Waals surface area contributed by atoms with E-state index in [0.717, 1.165) is 24.1 Å². The number of ether oxygens (including phenoxy) is 3. The van der Waals surface area contributed by atoms with Crippen molar-refractivity contribution in [2.45, 2.75) is 25.7 Å². The van der Waals surface area contributed by atoms with E-state index in [9.17, 15) is 14.4 Å². The summed E-state index contributed by atoms with van der Waals surface area (Å²) in [6.45, 7) is 0.634. The van der Waals surface area contributed by atoms with Crippen LogP contribution in [0.1, 0.15) is 35.2 Å². The van der Waals surface area contributed by atoms with Gasteiger partial charge in [-0.3, -0.25) is 25.2 Å². The number of rotatable bonds is 7. The van der Waals surface area contributed by atoms with E-state index in [1.807, 2.05) is 24.3 Å². The Labute approximate surface area is 186 Å². The van der Waals surface area contributed by atoms with Crippen LogP contribution in [0, 0.1) is 0 Å². The number of hydrogen-bond acceptors (Lipinski definition) is 6. The normalized spacial score (nSPS) is 12.4. The summed E-state index contributed by atoms with van der Waals surface area (Å²) in [6, 6.07) is 10.7. The van der Waals surface area contributed by atoms with Crippen LogP contribution in [0.5, 0.6) is 17.2 Å². The van der Waals surface area contributed by atoms with Crippen LogP contribution in [0.3, 0.4) is 0 Å². The molecule has 9 nitrogen and oxygen atoms in total. The first-order valence-corrected chi connectivity index (χ1v) is 10.3. The fourth-order valence-electron chi connectivity index (χ4n) is 3.62. The number of amides is 3. The number of aryl methyl sites for hydroxylation is 1. The molecule has 0 saturated carbocycles. The van der Waals surface area contributed by atoms with Gasteiger partial charge in [0.2, 0.25) is 17.6 Å². The van der Waals surface area contributed by atoms with Crippen LogP contribution in [-0.4, -0.2) is 45.6 Å². The first-order chi connectivity index (χ1) is 15.5. The van der Waals surface area contributed by atoms with Gasteiger partial charge in [0.1, 0.15) is 0 Å². The van der Waals surface area contributed by atoms with Crippen molar-refractivity contribution in [3.63, 3.8) is 0 Å². The summed E-state index contributed by atoms with van der Waals surface area (Å²) in [7, 11) is 4.35. The lowest BCUT2D eigenvalue weighted by Gasteiger charge is -2.29. The Hall–Kier alpha value is -3.75. The maximum Gasteiger partial charge on any atom is 0.269 e. The van der Waals surface area contributed by atoms with Gasteiger partial charge in [-0.05, 0) is 36.6 Å². The Morgan fingerprint density at radius 2 is 1.62 bits per heavy atom. The molecule has 9 heteroatoms. The van der Waals surface area contributed by atoms with Crippen molar-refractivity contribution in [1.82, 2.24) is 10.9 Å². The molecule has 0 fully saturated rings. The summed E-state index contributed by atoms with van der Waals surface area (Å²) < 4.78 is 15.7. The molecule has 0 aromatic heterocycles. The number of benzene rings is 2. The molecule has 0 unspecified atom stereocenters. The molecule has 170 valence electrons. The van der Waals surface area contributed by atoms with Gasteiger partial charge in [0.25, 0.3) is 5.91 Å². The summed E-state index contributed by atoms with van der Waals surface area (Å²) in [5.41, 5.74) is 6.93. The van der Waals surface area contributed by atoms with Crippen molar-refractivity contribution in [3.05, 3.63) is 47.5 Å². The van der Waals surface area contributed by atoms with Gasteiger partial charge in [-0.25, -0.2) is 0 Å². The highest BCUT2D eigenvalue weighted by Gasteiger charge is 2.23. The Morgan fingerprint density at radius 3 is 2.28 bits per heavy atom. The third-order valence-corrected chi connectivity index (χ3v) is 5.22. The van der Waals surface area contributed by atoms with Crippen molar-refractivity contribution >= 4 is 23.4 Å². The van der Waals surface area contributed by atoms with Crippen molar-refractivity contribution in [1.29, 1.82) is 0 Å². The minimum absolute atomic E-state index is 0.0419. The molecule has 2 aromatic rings. The zero-order valence-electron chi connectivity index (χ0n) is 18.4. The van der Waals surface area contributed by atoms with Gasteiger partial charge in [0.15, 0.2) is 11.5 Å². The molecule has 3 rings (SSSR count). The zero-order valence-corrected chi connectivity index (χ0v) is 18.4. The number of hydrazine groups is 1. The van der Waals surface area contributed by atoms with Gasteiger partial charge in [-0.2, -0.15) is 0 Å². The van der Waals surface area contributed by atoms with E-state index in [4.69, 9.17) is 14.2 Å². The number of carbonyl (C=O) groups is 3. The number of anilines is 1. The summed E-state index contributed by atoms with van der Waals surface area (Å²) in [5, 5.41) is 0. The number of methoxy groups -OCH3 is 3. The van der Waals surface area contributed by atoms with Gasteiger partial charge < -0.3 is 19.1 Å². The average molecular weight is 441 g/mol. The van der Waals surface area contributed by atoms with Crippen LogP contribution >= 0.6 is 0 Å². The minimum Gasteiger partial charge on any atom is -0.493 e. The number of nitrogens with one attached hydrogen (secondary N) is 2. The molecule has 1 aliphatic heterocycles. The molecule has 0 aliphatic carbocycles. The lowest BCUT2D eigenvalue weighted by molar-refractivity contribution is -0.125. The highest BCUT2D eigenvalue weighted by Crippen LogP contribution is 2.38. The van der Waals surface area contributed by atoms with Gasteiger partial charge in [-0.15, -0.1) is 0 Å². The Kier molecular flexibility index (Phi) is 7.54. The van der Waals surface area contributed by atoms with Gasteiger partial charge in [-0.1, -0.05) is 18.2 Å². The second-order valence-electron chi connectivity index (χ2n) is 7.19. The van der Waals surface area contributed by atoms with E-state index in [-0.39, 0.29) is 24.3 Å². The number of para-hydroxylation sites is 1. The molecule has 3 amide bonds. The van der Waals surface area contributed by atoms with E-state index < -0.39 is 11.8 Å². The molecular formula is C23H27N3O6. The SMILES string of the molecule is COc1cc(C(=O)NNC(=O)CCC(=O)N2CCCc3ccccc32)cc(OC)c1OC. The fraction of sp³-hybridized carbons (Fsp3) is 0.348. The molecular weight excluding hydrogens is 414 g/mol. The Bertz CT molecular complexity index is 982. The summed E-state index contributed by atoms with van der Waals surface area (Å²) in [5.74, 6) is -0.165. The predicted molar refractivity (Wildman–Crippen MR) is 118 cm³/mol. The maximum atomic E-state index is 12.6. The molecule has 2 aromatic carbocycles. The summed E-state index contributed by atoms with van der Waals surface area (Å²) >= 11 is 0. The van der Waals surface area contributed by atoms with E-state index in [2.05, 4.69) is 10.9 Å². The molecule has 32 heavy (non-hydrogen) atoms. The van der Waals surface area contributed by atoms with Crippen LogP contribution in [0.25, 0.3) is 0 Å². The molecule has 0 spiro atoms. The molecule has 2 N–H and O–H groups in total. The van der Waals surface area contributed by atoms with Crippen LogP contribution in [-0.2, 0) is 16.0 Å². The summed E-state index contributed by atoms with van der Waals surface area (Å²) in [6.07, 6.45) is 1.82. The molecule has 0 atom stereocenters. The molecule has 1 aliphatic rings. The second kappa shape index (κ2) is 10.5. The molecule has 1 heterocycles. The lowest BCUT2D eigenvalue weighted by atomic mass is 10.0. The van der Waals surface area contributed by atoms with Crippen LogP contribution < -0.4 is 30.0 Å². The van der Waals surface area contributed by atoms with Crippen molar-refractivity contribution in [2.75, 3.05) is 32.8 Å². The third kappa shape index (κ3) is 5.11. The van der Waals surface area contributed by atoms with E-state index in [1.54, 1.807) is 4.90 Å². The zero-order chi connectivity index (χ0) is 23.1. The molecule has 0 bridgehead atoms. The lowest BCUT2D eigenvalue weighted by Crippen LogP contribution is -2.42. The highest BCUT2D eigenvalue weighted by atomic mass is 16.5. The topological polar surface area (TPSA) is 106 Å². The standard InChI is InChI=1S/C23H27N3O6/c1-30-18-13-16(14-19(31-2)22(18)32-3)23(29)25-24-20(27)10-11-21(28)26-12-6-8-15-7-4-5-9-17(15)26/h4-5,7,9,13-14H,6,8,10-12H2,1-3H3,(H,24,27)(H,25,29). The van der Waals surface area contributed by atoms with Crippen molar-refractivity contribution < 1.29 is 28.6 Å². The number of fused-ring (bicyclic) bond motifs is 1. The quantitative estimate of drug-likeness (QED) is 0.639. The predicted octanol–water partition coefficient (Wildman–Crippen LogP) is 2.23. The Balaban J connectivity index is 1.54. The minimum atomic E-state index is -0.561. The number of carbonyl (C=O) groups excluding carboxylic acids is 3. The van der Waals surface area contributed by atoms with Gasteiger partial charge in [0, 0.05) is 30.6 Å². The largest absolute Gasteiger partial charge is 0.493 e. The smallest absolute Gasteiger partial charge is 0.269 e. The Morgan fingerprint density at radius 1 is 0.938 bits per heavy atom. The first-order valence-electron chi connectivity index (χ1n) is 10.3.